The van der Waals surface area contributed by atoms with Crippen LogP contribution in [0.3, 0.4) is 0 Å². The fourth-order valence-corrected chi connectivity index (χ4v) is 3.29. The molecule has 0 atom stereocenters. The summed E-state index contributed by atoms with van der Waals surface area (Å²) in [6.45, 7) is 6.82. The summed E-state index contributed by atoms with van der Waals surface area (Å²) in [5.41, 5.74) is 3.02. The summed E-state index contributed by atoms with van der Waals surface area (Å²) in [6, 6.07) is 15.1. The number of nitrogens with one attached hydrogen (secondary N) is 1. The third-order valence-electron chi connectivity index (χ3n) is 4.88. The number of hydrogen-bond donors (Lipinski definition) is 1. The van der Waals surface area contributed by atoms with Gasteiger partial charge in [-0.05, 0) is 56.0 Å². The van der Waals surface area contributed by atoms with Gasteiger partial charge in [0.1, 0.15) is 18.0 Å². The van der Waals surface area contributed by atoms with Crippen LogP contribution in [-0.4, -0.2) is 42.9 Å². The molecule has 0 radical (unpaired) electrons. The molecule has 7 nitrogen and oxygen atoms in total. The molecule has 2 aromatic carbocycles. The average Bonchev–Trinajstić information content (AvgIpc) is 2.77. The SMILES string of the molecule is COc1cc(C2=CCN(C(=O)OC(C)(C)C)CC2)ccc1NC(=O)OCc1ccccc1. The van der Waals surface area contributed by atoms with Gasteiger partial charge >= 0.3 is 12.2 Å². The highest BCUT2D eigenvalue weighted by Gasteiger charge is 2.24. The lowest BCUT2D eigenvalue weighted by molar-refractivity contribution is 0.0270. The molecule has 2 amide bonds. The monoisotopic (exact) mass is 438 g/mol. The first-order valence-corrected chi connectivity index (χ1v) is 10.6. The maximum atomic E-state index is 12.3. The number of methoxy groups -OCH3 is 1. The third-order valence-corrected chi connectivity index (χ3v) is 4.88. The molecule has 170 valence electrons. The lowest BCUT2D eigenvalue weighted by atomic mass is 9.99. The number of rotatable bonds is 5. The van der Waals surface area contributed by atoms with E-state index >= 15 is 0 Å². The quantitative estimate of drug-likeness (QED) is 0.670. The molecule has 0 fully saturated rings. The number of anilines is 1. The van der Waals surface area contributed by atoms with Gasteiger partial charge in [0.2, 0.25) is 0 Å². The maximum absolute atomic E-state index is 12.3. The summed E-state index contributed by atoms with van der Waals surface area (Å²) >= 11 is 0. The van der Waals surface area contributed by atoms with Crippen LogP contribution < -0.4 is 10.1 Å². The first-order valence-electron chi connectivity index (χ1n) is 10.6. The van der Waals surface area contributed by atoms with Crippen LogP contribution in [-0.2, 0) is 16.1 Å². The number of ether oxygens (including phenoxy) is 3. The minimum atomic E-state index is -0.551. The molecule has 1 heterocycles. The van der Waals surface area contributed by atoms with Crippen molar-refractivity contribution in [3.05, 3.63) is 65.7 Å². The molecule has 0 bridgehead atoms. The van der Waals surface area contributed by atoms with E-state index in [2.05, 4.69) is 5.32 Å². The van der Waals surface area contributed by atoms with Crippen molar-refractivity contribution < 1.29 is 23.8 Å². The predicted molar refractivity (Wildman–Crippen MR) is 124 cm³/mol. The van der Waals surface area contributed by atoms with Crippen molar-refractivity contribution in [2.24, 2.45) is 0 Å². The minimum Gasteiger partial charge on any atom is -0.495 e. The van der Waals surface area contributed by atoms with Gasteiger partial charge < -0.3 is 19.1 Å². The van der Waals surface area contributed by atoms with E-state index in [-0.39, 0.29) is 12.7 Å². The third kappa shape index (κ3) is 6.51. The fourth-order valence-electron chi connectivity index (χ4n) is 3.29. The van der Waals surface area contributed by atoms with Crippen molar-refractivity contribution in [3.63, 3.8) is 0 Å². The van der Waals surface area contributed by atoms with Gasteiger partial charge in [0.15, 0.2) is 0 Å². The zero-order valence-electron chi connectivity index (χ0n) is 19.0. The van der Waals surface area contributed by atoms with Crippen LogP contribution in [0.1, 0.15) is 38.3 Å². The van der Waals surface area contributed by atoms with Crippen LogP contribution in [0.4, 0.5) is 15.3 Å². The normalized spacial score (nSPS) is 13.8. The van der Waals surface area contributed by atoms with Crippen molar-refractivity contribution in [3.8, 4) is 5.75 Å². The van der Waals surface area contributed by atoms with Gasteiger partial charge in [0.25, 0.3) is 0 Å². The topological polar surface area (TPSA) is 77.1 Å². The van der Waals surface area contributed by atoms with E-state index in [1.54, 1.807) is 18.1 Å². The Morgan fingerprint density at radius 2 is 1.84 bits per heavy atom. The molecule has 1 N–H and O–H groups in total. The molecule has 0 aliphatic carbocycles. The summed E-state index contributed by atoms with van der Waals surface area (Å²) in [5, 5.41) is 2.73. The van der Waals surface area contributed by atoms with Gasteiger partial charge in [0.05, 0.1) is 12.8 Å². The van der Waals surface area contributed by atoms with Crippen LogP contribution in [0.25, 0.3) is 5.57 Å². The molecule has 0 unspecified atom stereocenters. The van der Waals surface area contributed by atoms with E-state index in [1.807, 2.05) is 69.3 Å². The molecule has 1 aliphatic rings. The molecule has 3 rings (SSSR count). The number of carbonyl (C=O) groups is 2. The van der Waals surface area contributed by atoms with Crippen LogP contribution in [0.2, 0.25) is 0 Å². The van der Waals surface area contributed by atoms with Gasteiger partial charge in [-0.2, -0.15) is 0 Å². The Balaban J connectivity index is 1.61. The number of carbonyl (C=O) groups excluding carboxylic acids is 2. The number of hydrogen-bond acceptors (Lipinski definition) is 5. The number of benzene rings is 2. The first-order chi connectivity index (χ1) is 15.2. The molecular weight excluding hydrogens is 408 g/mol. The van der Waals surface area contributed by atoms with E-state index in [1.165, 1.54) is 0 Å². The highest BCUT2D eigenvalue weighted by Crippen LogP contribution is 2.31. The van der Waals surface area contributed by atoms with Crippen molar-refractivity contribution in [1.82, 2.24) is 4.90 Å². The molecule has 0 spiro atoms. The molecule has 0 saturated heterocycles. The van der Waals surface area contributed by atoms with Gasteiger partial charge in [-0.15, -0.1) is 0 Å². The lowest BCUT2D eigenvalue weighted by Gasteiger charge is -2.29. The second kappa shape index (κ2) is 10.2. The number of nitrogens with zero attached hydrogens (tertiary/aromatic N) is 1. The molecule has 7 heteroatoms. The Morgan fingerprint density at radius 1 is 1.09 bits per heavy atom. The Labute approximate surface area is 189 Å². The molecule has 0 aromatic heterocycles. The van der Waals surface area contributed by atoms with Gasteiger partial charge in [0, 0.05) is 13.1 Å². The highest BCUT2D eigenvalue weighted by molar-refractivity contribution is 5.87. The predicted octanol–water partition coefficient (Wildman–Crippen LogP) is 5.47. The van der Waals surface area contributed by atoms with Crippen molar-refractivity contribution in [2.75, 3.05) is 25.5 Å². The highest BCUT2D eigenvalue weighted by atomic mass is 16.6. The van der Waals surface area contributed by atoms with Crippen LogP contribution in [0.5, 0.6) is 5.75 Å². The lowest BCUT2D eigenvalue weighted by Crippen LogP contribution is -2.39. The molecule has 0 saturated carbocycles. The largest absolute Gasteiger partial charge is 0.495 e. The smallest absolute Gasteiger partial charge is 0.412 e. The van der Waals surface area contributed by atoms with Crippen LogP contribution >= 0.6 is 0 Å². The average molecular weight is 439 g/mol. The Bertz CT molecular complexity index is 980. The summed E-state index contributed by atoms with van der Waals surface area (Å²) in [5.74, 6) is 0.537. The molecule has 32 heavy (non-hydrogen) atoms. The summed E-state index contributed by atoms with van der Waals surface area (Å²) < 4.78 is 16.2. The summed E-state index contributed by atoms with van der Waals surface area (Å²) in [6.07, 6.45) is 1.86. The van der Waals surface area contributed by atoms with E-state index in [9.17, 15) is 9.59 Å². The fraction of sp³-hybridized carbons (Fsp3) is 0.360. The van der Waals surface area contributed by atoms with E-state index in [0.717, 1.165) is 16.7 Å². The van der Waals surface area contributed by atoms with Crippen LogP contribution in [0.15, 0.2) is 54.6 Å². The van der Waals surface area contributed by atoms with E-state index in [4.69, 9.17) is 14.2 Å². The summed E-state index contributed by atoms with van der Waals surface area (Å²) in [7, 11) is 1.55. The maximum Gasteiger partial charge on any atom is 0.412 e. The zero-order valence-corrected chi connectivity index (χ0v) is 19.0. The van der Waals surface area contributed by atoms with Crippen molar-refractivity contribution >= 4 is 23.4 Å². The van der Waals surface area contributed by atoms with Crippen LogP contribution in [0, 0.1) is 0 Å². The van der Waals surface area contributed by atoms with Gasteiger partial charge in [-0.25, -0.2) is 9.59 Å². The second-order valence-electron chi connectivity index (χ2n) is 8.51. The Morgan fingerprint density at radius 3 is 2.47 bits per heavy atom. The zero-order chi connectivity index (χ0) is 23.1. The molecular formula is C25H30N2O5. The first kappa shape index (κ1) is 23.2. The van der Waals surface area contributed by atoms with Gasteiger partial charge in [-0.1, -0.05) is 42.5 Å². The standard InChI is InChI=1S/C25H30N2O5/c1-25(2,3)32-24(29)27-14-12-19(13-15-27)20-10-11-21(22(16-20)30-4)26-23(28)31-17-18-8-6-5-7-9-18/h5-12,16H,13-15,17H2,1-4H3,(H,26,28). The Kier molecular flexibility index (Phi) is 7.41. The van der Waals surface area contributed by atoms with E-state index < -0.39 is 11.7 Å². The van der Waals surface area contributed by atoms with E-state index in [0.29, 0.717) is 30.9 Å². The number of amides is 2. The molecule has 1 aliphatic heterocycles. The van der Waals surface area contributed by atoms with Crippen molar-refractivity contribution in [2.45, 2.75) is 39.4 Å². The molecule has 2 aromatic rings. The Hall–Kier alpha value is -3.48. The minimum absolute atomic E-state index is 0.189. The summed E-state index contributed by atoms with van der Waals surface area (Å²) in [4.78, 5) is 26.1. The second-order valence-corrected chi connectivity index (χ2v) is 8.51. The van der Waals surface area contributed by atoms with Gasteiger partial charge in [-0.3, -0.25) is 5.32 Å². The van der Waals surface area contributed by atoms with Crippen molar-refractivity contribution in [1.29, 1.82) is 0 Å².